The summed E-state index contributed by atoms with van der Waals surface area (Å²) >= 11 is 0. The lowest BCUT2D eigenvalue weighted by molar-refractivity contribution is -0.146. The second-order valence-corrected chi connectivity index (χ2v) is 10.6. The van der Waals surface area contributed by atoms with Crippen molar-refractivity contribution in [2.75, 3.05) is 18.1 Å². The van der Waals surface area contributed by atoms with Gasteiger partial charge in [-0.3, -0.25) is 14.2 Å². The number of rotatable bonds is 14. The van der Waals surface area contributed by atoms with Gasteiger partial charge in [-0.1, -0.05) is 47.1 Å². The van der Waals surface area contributed by atoms with Crippen molar-refractivity contribution in [1.29, 1.82) is 0 Å². The van der Waals surface area contributed by atoms with Crippen molar-refractivity contribution in [3.05, 3.63) is 82.3 Å². The Balaban J connectivity index is 1.97. The molecule has 0 bridgehead atoms. The number of carbonyl (C=O) groups excluding carboxylic acids is 2. The van der Waals surface area contributed by atoms with E-state index in [0.717, 1.165) is 5.57 Å². The van der Waals surface area contributed by atoms with Crippen LogP contribution in [0, 0.1) is 0 Å². The highest BCUT2D eigenvalue weighted by Crippen LogP contribution is 2.44. The van der Waals surface area contributed by atoms with Crippen LogP contribution in [0.3, 0.4) is 0 Å². The molecule has 0 heterocycles. The molecule has 1 amide bonds. The monoisotopic (exact) mass is 529 g/mol. The predicted molar refractivity (Wildman–Crippen MR) is 141 cm³/mol. The normalized spacial score (nSPS) is 14.4. The van der Waals surface area contributed by atoms with Gasteiger partial charge in [0.05, 0.1) is 12.8 Å². The lowest BCUT2D eigenvalue weighted by atomic mass is 10.2. The number of amides is 1. The molecule has 11 nitrogen and oxygen atoms in total. The smallest absolute Gasteiger partial charge is 0.323 e. The first kappa shape index (κ1) is 29.6. The third-order valence-electron chi connectivity index (χ3n) is 5.11. The number of esters is 1. The van der Waals surface area contributed by atoms with Crippen molar-refractivity contribution in [2.24, 2.45) is 5.11 Å². The van der Waals surface area contributed by atoms with Crippen molar-refractivity contribution >= 4 is 25.1 Å². The Bertz CT molecular complexity index is 1170. The highest BCUT2D eigenvalue weighted by Gasteiger charge is 2.30. The molecule has 37 heavy (non-hydrogen) atoms. The van der Waals surface area contributed by atoms with Gasteiger partial charge in [-0.05, 0) is 62.6 Å². The maximum Gasteiger partial charge on any atom is 0.323 e. The number of para-hydroxylation sites is 1. The van der Waals surface area contributed by atoms with Gasteiger partial charge >= 0.3 is 13.5 Å². The Morgan fingerprint density at radius 3 is 2.46 bits per heavy atom. The average Bonchev–Trinajstić information content (AvgIpc) is 2.88. The van der Waals surface area contributed by atoms with Crippen LogP contribution in [0.1, 0.15) is 32.8 Å². The minimum Gasteiger partial charge on any atom is -0.460 e. The van der Waals surface area contributed by atoms with Gasteiger partial charge in [-0.25, -0.2) is 5.09 Å². The van der Waals surface area contributed by atoms with Gasteiger partial charge in [0.25, 0.3) is 0 Å². The van der Waals surface area contributed by atoms with Crippen LogP contribution in [-0.2, 0) is 25.5 Å². The molecule has 2 aromatic rings. The molecule has 12 heteroatoms. The lowest BCUT2D eigenvalue weighted by Crippen LogP contribution is -2.35. The molecule has 0 aliphatic heterocycles. The van der Waals surface area contributed by atoms with Crippen LogP contribution in [0.2, 0.25) is 0 Å². The van der Waals surface area contributed by atoms with Crippen LogP contribution in [0.15, 0.2) is 71.4 Å². The molecule has 2 rings (SSSR count). The van der Waals surface area contributed by atoms with Crippen LogP contribution < -0.4 is 14.9 Å². The number of hydrogen-bond donors (Lipinski definition) is 3. The number of nitrogens with zero attached hydrogens (tertiary/aromatic N) is 3. The van der Waals surface area contributed by atoms with Gasteiger partial charge in [0.1, 0.15) is 24.4 Å². The van der Waals surface area contributed by atoms with E-state index in [1.54, 1.807) is 68.5 Å². The predicted octanol–water partition coefficient (Wildman–Crippen LogP) is 4.95. The van der Waals surface area contributed by atoms with E-state index in [9.17, 15) is 19.3 Å². The van der Waals surface area contributed by atoms with Gasteiger partial charge in [0, 0.05) is 10.6 Å². The highest BCUT2D eigenvalue weighted by atomic mass is 31.2. The number of ether oxygens (including phenoxy) is 1. The number of nitrogens with one attached hydrogen (secondary N) is 2. The first-order chi connectivity index (χ1) is 17.7. The topological polar surface area (TPSA) is 163 Å². The second kappa shape index (κ2) is 14.8. The molecular formula is C25H32N5O6P. The molecule has 3 atom stereocenters. The maximum atomic E-state index is 13.6. The summed E-state index contributed by atoms with van der Waals surface area (Å²) < 4.78 is 24.7. The van der Waals surface area contributed by atoms with E-state index in [2.05, 4.69) is 20.4 Å². The van der Waals surface area contributed by atoms with Crippen LogP contribution in [0.4, 0.5) is 5.69 Å². The first-order valence-corrected chi connectivity index (χ1v) is 13.5. The van der Waals surface area contributed by atoms with E-state index in [1.807, 2.05) is 6.07 Å². The van der Waals surface area contributed by atoms with E-state index in [0.29, 0.717) is 23.4 Å². The number of azide groups is 1. The molecular weight excluding hydrogens is 497 g/mol. The van der Waals surface area contributed by atoms with Crippen molar-refractivity contribution in [3.8, 4) is 5.75 Å². The number of carbonyl (C=O) groups is 2. The van der Waals surface area contributed by atoms with E-state index in [1.165, 1.54) is 6.92 Å². The van der Waals surface area contributed by atoms with Gasteiger partial charge in [0.15, 0.2) is 0 Å². The quantitative estimate of drug-likeness (QED) is 0.0779. The molecule has 0 aliphatic carbocycles. The maximum absolute atomic E-state index is 13.6. The third kappa shape index (κ3) is 10.5. The van der Waals surface area contributed by atoms with E-state index < -0.39 is 31.5 Å². The molecule has 0 aliphatic rings. The minimum atomic E-state index is -3.49. The van der Waals surface area contributed by atoms with E-state index in [4.69, 9.17) is 14.8 Å². The fraction of sp³-hybridized carbons (Fsp3) is 0.360. The van der Waals surface area contributed by atoms with Crippen molar-refractivity contribution < 1.29 is 28.5 Å². The summed E-state index contributed by atoms with van der Waals surface area (Å²) in [6.07, 6.45) is 2.27. The van der Waals surface area contributed by atoms with Gasteiger partial charge in [-0.15, -0.1) is 0 Å². The third-order valence-corrected chi connectivity index (χ3v) is 7.25. The fourth-order valence-corrected chi connectivity index (χ4v) is 4.92. The summed E-state index contributed by atoms with van der Waals surface area (Å²) in [6.45, 7) is 4.66. The Kier molecular flexibility index (Phi) is 11.9. The number of allylic oxidation sites excluding steroid dienone is 1. The average molecular weight is 530 g/mol. The van der Waals surface area contributed by atoms with E-state index >= 15 is 0 Å². The Morgan fingerprint density at radius 2 is 1.84 bits per heavy atom. The second-order valence-electron chi connectivity index (χ2n) is 8.32. The Labute approximate surface area is 216 Å². The molecule has 0 spiro atoms. The van der Waals surface area contributed by atoms with Crippen LogP contribution in [-0.4, -0.2) is 41.8 Å². The minimum absolute atomic E-state index is 0.0313. The Morgan fingerprint density at radius 1 is 1.16 bits per heavy atom. The molecule has 0 saturated carbocycles. The van der Waals surface area contributed by atoms with Crippen LogP contribution >= 0.6 is 7.52 Å². The molecule has 0 fully saturated rings. The lowest BCUT2D eigenvalue weighted by Gasteiger charge is -2.23. The van der Waals surface area contributed by atoms with Gasteiger partial charge in [0.2, 0.25) is 5.91 Å². The zero-order valence-electron chi connectivity index (χ0n) is 21.0. The van der Waals surface area contributed by atoms with Crippen molar-refractivity contribution in [2.45, 2.75) is 45.9 Å². The van der Waals surface area contributed by atoms with Crippen LogP contribution in [0.25, 0.3) is 10.4 Å². The SMILES string of the molecule is C/C(=C\CCP(=O)(N[C@@H](C)C(=O)OCc1ccc(NC(=O)C(C)N=[N+]=[N-])cc1)Oc1ccccc1)CO. The summed E-state index contributed by atoms with van der Waals surface area (Å²) in [5.74, 6) is -0.650. The highest BCUT2D eigenvalue weighted by molar-refractivity contribution is 7.57. The van der Waals surface area contributed by atoms with Crippen molar-refractivity contribution in [1.82, 2.24) is 5.09 Å². The largest absolute Gasteiger partial charge is 0.460 e. The number of benzene rings is 2. The first-order valence-electron chi connectivity index (χ1n) is 11.6. The van der Waals surface area contributed by atoms with Gasteiger partial charge < -0.3 is 19.7 Å². The summed E-state index contributed by atoms with van der Waals surface area (Å²) in [7, 11) is -3.49. The number of aliphatic hydroxyl groups is 1. The summed E-state index contributed by atoms with van der Waals surface area (Å²) in [6, 6.07) is 13.5. The molecule has 0 saturated heterocycles. The molecule has 0 radical (unpaired) electrons. The number of anilines is 1. The van der Waals surface area contributed by atoms with Gasteiger partial charge in [-0.2, -0.15) is 0 Å². The Hall–Kier alpha value is -3.62. The zero-order valence-corrected chi connectivity index (χ0v) is 21.9. The summed E-state index contributed by atoms with van der Waals surface area (Å²) in [5.41, 5.74) is 10.3. The fourth-order valence-electron chi connectivity index (χ4n) is 3.02. The number of aliphatic hydroxyl groups excluding tert-OH is 1. The molecule has 2 unspecified atom stereocenters. The zero-order chi connectivity index (χ0) is 27.3. The van der Waals surface area contributed by atoms with Crippen LogP contribution in [0.5, 0.6) is 5.75 Å². The van der Waals surface area contributed by atoms with Crippen molar-refractivity contribution in [3.63, 3.8) is 0 Å². The molecule has 0 aromatic heterocycles. The molecule has 198 valence electrons. The summed E-state index contributed by atoms with van der Waals surface area (Å²) in [5, 5.41) is 18.0. The standard InChI is InChI=1S/C25H32N5O6P/c1-18(16-31)8-7-15-37(34,36-23-9-5-4-6-10-23)29-20(3)25(33)35-17-21-11-13-22(14-12-21)27-24(32)19(2)28-30-26/h4-6,8-14,19-20,31H,7,15-17H2,1-3H3,(H,27,32)(H,29,34)/b18-8+/t19?,20-,37?/m0/s1. The summed E-state index contributed by atoms with van der Waals surface area (Å²) in [4.78, 5) is 27.2. The van der Waals surface area contributed by atoms with E-state index in [-0.39, 0.29) is 19.4 Å². The number of hydrogen-bond acceptors (Lipinski definition) is 7. The molecule has 3 N–H and O–H groups in total. The molecule has 2 aromatic carbocycles.